The summed E-state index contributed by atoms with van der Waals surface area (Å²) in [5.74, 6) is 0.406. The van der Waals surface area contributed by atoms with E-state index in [4.69, 9.17) is 16.6 Å². The number of H-pyrrole nitrogens is 1. The number of nitrogens with one attached hydrogen (secondary N) is 2. The standard InChI is InChI=1S/C23H22N4O3S/c1-15-6-8-16(9-7-15)21-25-17(14-30-21)10-12-24-20(28)11-13-27-22(29)18-4-2-3-5-19(18)26-23(27)31/h2-9,14H,10-13H2,1H3,(H,24,28)(H,26,31). The number of oxazole rings is 1. The van der Waals surface area contributed by atoms with Crippen molar-refractivity contribution in [1.82, 2.24) is 19.9 Å². The van der Waals surface area contributed by atoms with Crippen molar-refractivity contribution in [2.75, 3.05) is 6.54 Å². The Bertz CT molecular complexity index is 1340. The third kappa shape index (κ3) is 4.80. The van der Waals surface area contributed by atoms with Crippen molar-refractivity contribution in [3.05, 3.63) is 81.2 Å². The average molecular weight is 435 g/mol. The average Bonchev–Trinajstić information content (AvgIpc) is 3.23. The Hall–Kier alpha value is -3.52. The van der Waals surface area contributed by atoms with E-state index in [0.29, 0.717) is 34.5 Å². The summed E-state index contributed by atoms with van der Waals surface area (Å²) in [5.41, 5.74) is 3.35. The van der Waals surface area contributed by atoms with Gasteiger partial charge in [0.05, 0.1) is 16.6 Å². The van der Waals surface area contributed by atoms with Crippen molar-refractivity contribution in [3.8, 4) is 11.5 Å². The molecule has 0 bridgehead atoms. The molecule has 2 aromatic heterocycles. The van der Waals surface area contributed by atoms with E-state index < -0.39 is 0 Å². The summed E-state index contributed by atoms with van der Waals surface area (Å²) >= 11 is 5.28. The predicted molar refractivity (Wildman–Crippen MR) is 121 cm³/mol. The molecule has 0 unspecified atom stereocenters. The van der Waals surface area contributed by atoms with E-state index in [1.54, 1.807) is 24.5 Å². The smallest absolute Gasteiger partial charge is 0.262 e. The summed E-state index contributed by atoms with van der Waals surface area (Å²) in [6.45, 7) is 2.67. The highest BCUT2D eigenvalue weighted by Gasteiger charge is 2.09. The van der Waals surface area contributed by atoms with Gasteiger partial charge in [-0.2, -0.15) is 0 Å². The van der Waals surface area contributed by atoms with Gasteiger partial charge < -0.3 is 14.7 Å². The zero-order chi connectivity index (χ0) is 21.8. The van der Waals surface area contributed by atoms with E-state index >= 15 is 0 Å². The lowest BCUT2D eigenvalue weighted by atomic mass is 10.1. The number of amides is 1. The van der Waals surface area contributed by atoms with Gasteiger partial charge in [0.25, 0.3) is 5.56 Å². The zero-order valence-electron chi connectivity index (χ0n) is 17.1. The van der Waals surface area contributed by atoms with Crippen molar-refractivity contribution < 1.29 is 9.21 Å². The van der Waals surface area contributed by atoms with Gasteiger partial charge in [-0.05, 0) is 43.4 Å². The number of nitrogens with zero attached hydrogens (tertiary/aromatic N) is 2. The lowest BCUT2D eigenvalue weighted by molar-refractivity contribution is -0.121. The summed E-state index contributed by atoms with van der Waals surface area (Å²) in [6.07, 6.45) is 2.32. The van der Waals surface area contributed by atoms with Crippen LogP contribution in [0.5, 0.6) is 0 Å². The van der Waals surface area contributed by atoms with Gasteiger partial charge in [-0.1, -0.05) is 29.8 Å². The first-order valence-corrected chi connectivity index (χ1v) is 10.4. The van der Waals surface area contributed by atoms with Crippen molar-refractivity contribution in [3.63, 3.8) is 0 Å². The van der Waals surface area contributed by atoms with Crippen LogP contribution in [0, 0.1) is 11.7 Å². The SMILES string of the molecule is Cc1ccc(-c2nc(CCNC(=O)CCn3c(=S)[nH]c4ccccc4c3=O)co2)cc1. The highest BCUT2D eigenvalue weighted by atomic mass is 32.1. The number of para-hydroxylation sites is 1. The topological polar surface area (TPSA) is 92.9 Å². The number of benzene rings is 2. The van der Waals surface area contributed by atoms with Gasteiger partial charge in [0, 0.05) is 31.5 Å². The molecule has 2 N–H and O–H groups in total. The third-order valence-electron chi connectivity index (χ3n) is 5.01. The molecule has 0 spiro atoms. The van der Waals surface area contributed by atoms with Crippen molar-refractivity contribution in [1.29, 1.82) is 0 Å². The Morgan fingerprint density at radius 1 is 1.19 bits per heavy atom. The highest BCUT2D eigenvalue weighted by Crippen LogP contribution is 2.19. The lowest BCUT2D eigenvalue weighted by Gasteiger charge is -2.08. The van der Waals surface area contributed by atoms with E-state index in [2.05, 4.69) is 15.3 Å². The highest BCUT2D eigenvalue weighted by molar-refractivity contribution is 7.71. The fourth-order valence-electron chi connectivity index (χ4n) is 3.28. The van der Waals surface area contributed by atoms with Gasteiger partial charge in [0.1, 0.15) is 6.26 Å². The molecule has 0 fully saturated rings. The zero-order valence-corrected chi connectivity index (χ0v) is 17.9. The van der Waals surface area contributed by atoms with Crippen LogP contribution in [0.1, 0.15) is 17.7 Å². The second-order valence-electron chi connectivity index (χ2n) is 7.29. The van der Waals surface area contributed by atoms with Gasteiger partial charge in [-0.3, -0.25) is 14.2 Å². The molecule has 31 heavy (non-hydrogen) atoms. The normalized spacial score (nSPS) is 11.0. The van der Waals surface area contributed by atoms with Crippen LogP contribution >= 0.6 is 12.2 Å². The van der Waals surface area contributed by atoms with Crippen molar-refractivity contribution >= 4 is 29.0 Å². The van der Waals surface area contributed by atoms with Gasteiger partial charge >= 0.3 is 0 Å². The number of aromatic amines is 1. The summed E-state index contributed by atoms with van der Waals surface area (Å²) in [6, 6.07) is 15.1. The Morgan fingerprint density at radius 2 is 1.97 bits per heavy atom. The maximum absolute atomic E-state index is 12.6. The lowest BCUT2D eigenvalue weighted by Crippen LogP contribution is -2.29. The van der Waals surface area contributed by atoms with Crippen LogP contribution in [0.4, 0.5) is 0 Å². The minimum atomic E-state index is -0.196. The molecule has 158 valence electrons. The Kier molecular flexibility index (Phi) is 6.08. The Morgan fingerprint density at radius 3 is 2.77 bits per heavy atom. The summed E-state index contributed by atoms with van der Waals surface area (Å²) in [5, 5.41) is 3.40. The molecule has 2 heterocycles. The number of hydrogen-bond donors (Lipinski definition) is 2. The van der Waals surface area contributed by atoms with E-state index in [1.165, 1.54) is 10.1 Å². The van der Waals surface area contributed by atoms with Crippen molar-refractivity contribution in [2.24, 2.45) is 0 Å². The van der Waals surface area contributed by atoms with Crippen LogP contribution in [-0.4, -0.2) is 27.0 Å². The van der Waals surface area contributed by atoms with E-state index in [-0.39, 0.29) is 24.4 Å². The molecule has 0 aliphatic rings. The molecule has 0 aliphatic heterocycles. The Balaban J connectivity index is 1.31. The summed E-state index contributed by atoms with van der Waals surface area (Å²) in [4.78, 5) is 32.4. The van der Waals surface area contributed by atoms with Gasteiger partial charge in [-0.15, -0.1) is 0 Å². The van der Waals surface area contributed by atoms with Gasteiger partial charge in [0.2, 0.25) is 11.8 Å². The van der Waals surface area contributed by atoms with E-state index in [9.17, 15) is 9.59 Å². The number of fused-ring (bicyclic) bond motifs is 1. The van der Waals surface area contributed by atoms with Crippen LogP contribution < -0.4 is 10.9 Å². The largest absolute Gasteiger partial charge is 0.444 e. The van der Waals surface area contributed by atoms with Crippen LogP contribution in [0.25, 0.3) is 22.4 Å². The van der Waals surface area contributed by atoms with Crippen LogP contribution in [0.2, 0.25) is 0 Å². The maximum Gasteiger partial charge on any atom is 0.262 e. The molecule has 8 heteroatoms. The van der Waals surface area contributed by atoms with Crippen LogP contribution in [-0.2, 0) is 17.8 Å². The van der Waals surface area contributed by atoms with Gasteiger partial charge in [-0.25, -0.2) is 4.98 Å². The minimum Gasteiger partial charge on any atom is -0.444 e. The Labute approximate surface area is 183 Å². The molecular weight excluding hydrogens is 412 g/mol. The third-order valence-corrected chi connectivity index (χ3v) is 5.33. The summed E-state index contributed by atoms with van der Waals surface area (Å²) < 4.78 is 7.27. The molecule has 4 rings (SSSR count). The molecule has 2 aromatic carbocycles. The quantitative estimate of drug-likeness (QED) is 0.432. The number of hydrogen-bond acceptors (Lipinski definition) is 5. The molecule has 0 atom stereocenters. The van der Waals surface area contributed by atoms with E-state index in [0.717, 1.165) is 11.3 Å². The van der Waals surface area contributed by atoms with Crippen LogP contribution in [0.3, 0.4) is 0 Å². The molecule has 1 amide bonds. The first-order chi connectivity index (χ1) is 15.0. The fourth-order valence-corrected chi connectivity index (χ4v) is 3.57. The number of rotatable bonds is 7. The monoisotopic (exact) mass is 434 g/mol. The molecule has 0 aliphatic carbocycles. The fraction of sp³-hybridized carbons (Fsp3) is 0.217. The number of aromatic nitrogens is 3. The number of carbonyl (C=O) groups is 1. The number of carbonyl (C=O) groups excluding carboxylic acids is 1. The summed E-state index contributed by atoms with van der Waals surface area (Å²) in [7, 11) is 0. The van der Waals surface area contributed by atoms with Gasteiger partial charge in [0.15, 0.2) is 4.77 Å². The molecule has 4 aromatic rings. The molecule has 0 saturated heterocycles. The molecule has 0 saturated carbocycles. The first kappa shape index (κ1) is 20.7. The van der Waals surface area contributed by atoms with E-state index in [1.807, 2.05) is 37.3 Å². The predicted octanol–water partition coefficient (Wildman–Crippen LogP) is 3.77. The van der Waals surface area contributed by atoms with Crippen LogP contribution in [0.15, 0.2) is 64.0 Å². The molecular formula is C23H22N4O3S. The molecule has 0 radical (unpaired) electrons. The molecule has 7 nitrogen and oxygen atoms in total. The maximum atomic E-state index is 12.6. The first-order valence-electron chi connectivity index (χ1n) is 10.0. The second-order valence-corrected chi connectivity index (χ2v) is 7.68. The second kappa shape index (κ2) is 9.09. The minimum absolute atomic E-state index is 0.156. The van der Waals surface area contributed by atoms with Crippen molar-refractivity contribution in [2.45, 2.75) is 26.3 Å². The number of aryl methyl sites for hydroxylation is 1.